The van der Waals surface area contributed by atoms with Gasteiger partial charge in [0.15, 0.2) is 11.6 Å². The average molecular weight is 283 g/mol. The lowest BCUT2D eigenvalue weighted by atomic mass is 10.0. The molecular formula is C15H22FNO3. The van der Waals surface area contributed by atoms with E-state index in [1.54, 1.807) is 18.2 Å². The number of benzene rings is 1. The molecule has 1 N–H and O–H groups in total. The van der Waals surface area contributed by atoms with Gasteiger partial charge in [0.05, 0.1) is 14.2 Å². The first kappa shape index (κ1) is 16.4. The van der Waals surface area contributed by atoms with Crippen LogP contribution in [0.1, 0.15) is 25.8 Å². The van der Waals surface area contributed by atoms with Gasteiger partial charge >= 0.3 is 5.97 Å². The van der Waals surface area contributed by atoms with E-state index < -0.39 is 11.9 Å². The summed E-state index contributed by atoms with van der Waals surface area (Å²) in [7, 11) is 2.77. The van der Waals surface area contributed by atoms with Gasteiger partial charge in [0, 0.05) is 12.1 Å². The Morgan fingerprint density at radius 3 is 2.60 bits per heavy atom. The number of hydrogen-bond acceptors (Lipinski definition) is 4. The molecule has 0 radical (unpaired) electrons. The fraction of sp³-hybridized carbons (Fsp3) is 0.533. The molecule has 1 rings (SSSR count). The van der Waals surface area contributed by atoms with Gasteiger partial charge in [0.1, 0.15) is 6.04 Å². The molecule has 5 heteroatoms. The van der Waals surface area contributed by atoms with Crippen molar-refractivity contribution in [1.82, 2.24) is 5.32 Å². The third-order valence-electron chi connectivity index (χ3n) is 2.99. The number of ether oxygens (including phenoxy) is 2. The zero-order valence-corrected chi connectivity index (χ0v) is 12.4. The number of carbonyl (C=O) groups is 1. The Balaban J connectivity index is 2.74. The highest BCUT2D eigenvalue weighted by molar-refractivity contribution is 5.75. The molecule has 112 valence electrons. The predicted octanol–water partition coefficient (Wildman–Crippen LogP) is 2.51. The highest BCUT2D eigenvalue weighted by Crippen LogP contribution is 2.20. The van der Waals surface area contributed by atoms with Crippen molar-refractivity contribution >= 4 is 5.97 Å². The average Bonchev–Trinajstić information content (AvgIpc) is 2.43. The van der Waals surface area contributed by atoms with Gasteiger partial charge in [-0.25, -0.2) is 4.39 Å². The van der Waals surface area contributed by atoms with Gasteiger partial charge in [0.25, 0.3) is 0 Å². The third kappa shape index (κ3) is 4.49. The number of halogens is 1. The van der Waals surface area contributed by atoms with E-state index in [0.717, 1.165) is 0 Å². The van der Waals surface area contributed by atoms with E-state index >= 15 is 0 Å². The normalized spacial score (nSPS) is 12.3. The minimum absolute atomic E-state index is 0.197. The molecule has 0 heterocycles. The summed E-state index contributed by atoms with van der Waals surface area (Å²) >= 11 is 0. The van der Waals surface area contributed by atoms with Gasteiger partial charge in [-0.05, 0) is 18.4 Å². The van der Waals surface area contributed by atoms with Crippen LogP contribution in [0.2, 0.25) is 0 Å². The molecule has 1 aromatic rings. The minimum Gasteiger partial charge on any atom is -0.494 e. The van der Waals surface area contributed by atoms with Gasteiger partial charge in [-0.3, -0.25) is 4.79 Å². The van der Waals surface area contributed by atoms with Crippen LogP contribution in [0.25, 0.3) is 0 Å². The van der Waals surface area contributed by atoms with Crippen molar-refractivity contribution in [2.24, 2.45) is 5.92 Å². The highest BCUT2D eigenvalue weighted by Gasteiger charge is 2.20. The molecule has 0 saturated heterocycles. The summed E-state index contributed by atoms with van der Waals surface area (Å²) in [6.07, 6.45) is 0.637. The van der Waals surface area contributed by atoms with Crippen molar-refractivity contribution in [2.75, 3.05) is 14.2 Å². The molecule has 0 bridgehead atoms. The molecule has 20 heavy (non-hydrogen) atoms. The predicted molar refractivity (Wildman–Crippen MR) is 75.1 cm³/mol. The number of carbonyl (C=O) groups excluding carboxylic acids is 1. The molecule has 1 atom stereocenters. The first-order valence-electron chi connectivity index (χ1n) is 6.62. The second-order valence-corrected chi connectivity index (χ2v) is 5.02. The molecule has 0 aliphatic carbocycles. The van der Waals surface area contributed by atoms with E-state index in [4.69, 9.17) is 9.47 Å². The Kier molecular flexibility index (Phi) is 6.45. The lowest BCUT2D eigenvalue weighted by Gasteiger charge is -2.18. The molecule has 0 aliphatic rings. The quantitative estimate of drug-likeness (QED) is 0.781. The minimum atomic E-state index is -0.439. The largest absolute Gasteiger partial charge is 0.494 e. The molecule has 0 aromatic heterocycles. The Morgan fingerprint density at radius 1 is 1.35 bits per heavy atom. The van der Waals surface area contributed by atoms with Gasteiger partial charge in [-0.1, -0.05) is 26.0 Å². The van der Waals surface area contributed by atoms with Gasteiger partial charge in [-0.15, -0.1) is 0 Å². The number of nitrogens with one attached hydrogen (secondary N) is 1. The van der Waals surface area contributed by atoms with Crippen LogP contribution in [0.3, 0.4) is 0 Å². The molecule has 0 spiro atoms. The van der Waals surface area contributed by atoms with Crippen LogP contribution in [0, 0.1) is 11.7 Å². The van der Waals surface area contributed by atoms with Crippen molar-refractivity contribution in [3.05, 3.63) is 29.6 Å². The van der Waals surface area contributed by atoms with Crippen LogP contribution in [0.5, 0.6) is 5.75 Å². The Morgan fingerprint density at radius 2 is 2.05 bits per heavy atom. The second kappa shape index (κ2) is 7.85. The maximum Gasteiger partial charge on any atom is 0.322 e. The maximum absolute atomic E-state index is 14.0. The molecule has 1 unspecified atom stereocenters. The molecule has 0 amide bonds. The summed E-state index contributed by atoms with van der Waals surface area (Å²) in [5.74, 6) is -0.206. The summed E-state index contributed by atoms with van der Waals surface area (Å²) in [6.45, 7) is 4.28. The Hall–Kier alpha value is -1.62. The SMILES string of the molecule is COC(=O)C(CC(C)C)NCc1cccc(OC)c1F. The van der Waals surface area contributed by atoms with Crippen molar-refractivity contribution in [2.45, 2.75) is 32.9 Å². The van der Waals surface area contributed by atoms with E-state index in [1.165, 1.54) is 14.2 Å². The van der Waals surface area contributed by atoms with Crippen LogP contribution in [0.15, 0.2) is 18.2 Å². The maximum atomic E-state index is 14.0. The Labute approximate surface area is 119 Å². The van der Waals surface area contributed by atoms with Gasteiger partial charge in [0.2, 0.25) is 0 Å². The molecule has 1 aromatic carbocycles. The number of rotatable bonds is 7. The number of hydrogen-bond donors (Lipinski definition) is 1. The smallest absolute Gasteiger partial charge is 0.322 e. The zero-order chi connectivity index (χ0) is 15.1. The van der Waals surface area contributed by atoms with Crippen molar-refractivity contribution < 1.29 is 18.7 Å². The van der Waals surface area contributed by atoms with Gasteiger partial charge < -0.3 is 14.8 Å². The van der Waals surface area contributed by atoms with Crippen molar-refractivity contribution in [3.8, 4) is 5.75 Å². The van der Waals surface area contributed by atoms with Crippen molar-refractivity contribution in [3.63, 3.8) is 0 Å². The third-order valence-corrected chi connectivity index (χ3v) is 2.99. The Bertz CT molecular complexity index is 449. The second-order valence-electron chi connectivity index (χ2n) is 5.02. The highest BCUT2D eigenvalue weighted by atomic mass is 19.1. The fourth-order valence-electron chi connectivity index (χ4n) is 1.96. The van der Waals surface area contributed by atoms with E-state index in [-0.39, 0.29) is 18.3 Å². The number of esters is 1. The number of methoxy groups -OCH3 is 2. The summed E-state index contributed by atoms with van der Waals surface area (Å²) in [6, 6.07) is 4.50. The molecule has 4 nitrogen and oxygen atoms in total. The van der Waals surface area contributed by atoms with E-state index in [9.17, 15) is 9.18 Å². The van der Waals surface area contributed by atoms with Crippen LogP contribution in [0.4, 0.5) is 4.39 Å². The standard InChI is InChI=1S/C15H22FNO3/c1-10(2)8-12(15(18)20-4)17-9-11-6-5-7-13(19-3)14(11)16/h5-7,10,12,17H,8-9H2,1-4H3. The van der Waals surface area contributed by atoms with E-state index in [2.05, 4.69) is 5.32 Å². The molecular weight excluding hydrogens is 261 g/mol. The first-order valence-corrected chi connectivity index (χ1v) is 6.62. The molecule has 0 saturated carbocycles. The summed E-state index contributed by atoms with van der Waals surface area (Å²) in [4.78, 5) is 11.7. The van der Waals surface area contributed by atoms with Crippen LogP contribution >= 0.6 is 0 Å². The van der Waals surface area contributed by atoms with Crippen LogP contribution in [-0.4, -0.2) is 26.2 Å². The van der Waals surface area contributed by atoms with Gasteiger partial charge in [-0.2, -0.15) is 0 Å². The first-order chi connectivity index (χ1) is 9.49. The lowest BCUT2D eigenvalue weighted by molar-refractivity contribution is -0.143. The summed E-state index contributed by atoms with van der Waals surface area (Å²) in [5, 5.41) is 3.04. The van der Waals surface area contributed by atoms with Crippen LogP contribution < -0.4 is 10.1 Å². The molecule has 0 aliphatic heterocycles. The van der Waals surface area contributed by atoms with Crippen LogP contribution in [-0.2, 0) is 16.1 Å². The molecule has 0 fully saturated rings. The van der Waals surface area contributed by atoms with E-state index in [0.29, 0.717) is 17.9 Å². The topological polar surface area (TPSA) is 47.6 Å². The monoisotopic (exact) mass is 283 g/mol. The fourth-order valence-corrected chi connectivity index (χ4v) is 1.96. The lowest BCUT2D eigenvalue weighted by Crippen LogP contribution is -2.38. The van der Waals surface area contributed by atoms with E-state index in [1.807, 2.05) is 13.8 Å². The van der Waals surface area contributed by atoms with Crippen molar-refractivity contribution in [1.29, 1.82) is 0 Å². The summed E-state index contributed by atoms with van der Waals surface area (Å²) < 4.78 is 23.7. The zero-order valence-electron chi connectivity index (χ0n) is 12.4. The summed E-state index contributed by atoms with van der Waals surface area (Å²) in [5.41, 5.74) is 0.460.